The number of ether oxygens (including phenoxy) is 2. The maximum atomic E-state index is 12.2. The number of nitrogens with one attached hydrogen (secondary N) is 1. The van der Waals surface area contributed by atoms with E-state index in [2.05, 4.69) is 4.98 Å². The van der Waals surface area contributed by atoms with Crippen LogP contribution >= 0.6 is 0 Å². The van der Waals surface area contributed by atoms with Crippen LogP contribution in [0.15, 0.2) is 36.4 Å². The van der Waals surface area contributed by atoms with Crippen molar-refractivity contribution in [2.75, 3.05) is 13.2 Å². The summed E-state index contributed by atoms with van der Waals surface area (Å²) in [5.74, 6) is -0.752. The summed E-state index contributed by atoms with van der Waals surface area (Å²) >= 11 is 0. The first-order chi connectivity index (χ1) is 11.2. The third-order valence-electron chi connectivity index (χ3n) is 3.63. The summed E-state index contributed by atoms with van der Waals surface area (Å²) in [6, 6.07) is 10.7. The van der Waals surface area contributed by atoms with Crippen LogP contribution in [-0.4, -0.2) is 30.1 Å². The van der Waals surface area contributed by atoms with Crippen LogP contribution < -0.4 is 0 Å². The standard InChI is InChI=1S/C18H17NO4/c1-3-22-17(20)11-8-9-14-13(10-11)16-12(18(21)23-4-2)6-5-7-15(16)19-14/h5-10,19H,3-4H2,1-2H3. The molecule has 118 valence electrons. The van der Waals surface area contributed by atoms with Crippen LogP contribution in [0.5, 0.6) is 0 Å². The molecule has 0 unspecified atom stereocenters. The van der Waals surface area contributed by atoms with Gasteiger partial charge in [-0.15, -0.1) is 0 Å². The Balaban J connectivity index is 2.23. The minimum Gasteiger partial charge on any atom is -0.462 e. The minimum atomic E-state index is -0.377. The van der Waals surface area contributed by atoms with Crippen molar-refractivity contribution >= 4 is 33.7 Å². The van der Waals surface area contributed by atoms with Gasteiger partial charge in [-0.2, -0.15) is 0 Å². The molecule has 0 saturated carbocycles. The lowest BCUT2D eigenvalue weighted by atomic mass is 10.0. The van der Waals surface area contributed by atoms with Crippen molar-refractivity contribution in [2.24, 2.45) is 0 Å². The van der Waals surface area contributed by atoms with E-state index < -0.39 is 0 Å². The van der Waals surface area contributed by atoms with E-state index in [-0.39, 0.29) is 11.9 Å². The number of H-pyrrole nitrogens is 1. The normalized spacial score (nSPS) is 10.9. The second kappa shape index (κ2) is 6.12. The lowest BCUT2D eigenvalue weighted by Gasteiger charge is -2.04. The molecule has 0 fully saturated rings. The average Bonchev–Trinajstić information content (AvgIpc) is 2.93. The smallest absolute Gasteiger partial charge is 0.338 e. The first kappa shape index (κ1) is 15.1. The zero-order chi connectivity index (χ0) is 16.4. The molecule has 23 heavy (non-hydrogen) atoms. The number of fused-ring (bicyclic) bond motifs is 3. The van der Waals surface area contributed by atoms with E-state index in [1.165, 1.54) is 0 Å². The van der Waals surface area contributed by atoms with Crippen LogP contribution in [0.4, 0.5) is 0 Å². The SMILES string of the molecule is CCOC(=O)c1ccc2[nH]c3cccc(C(=O)OCC)c3c2c1. The largest absolute Gasteiger partial charge is 0.462 e. The van der Waals surface area contributed by atoms with Gasteiger partial charge >= 0.3 is 11.9 Å². The molecule has 2 aromatic carbocycles. The maximum Gasteiger partial charge on any atom is 0.338 e. The second-order valence-corrected chi connectivity index (χ2v) is 5.05. The van der Waals surface area contributed by atoms with Gasteiger partial charge in [-0.05, 0) is 44.2 Å². The number of benzene rings is 2. The molecule has 0 aliphatic rings. The van der Waals surface area contributed by atoms with Gasteiger partial charge in [0.15, 0.2) is 0 Å². The van der Waals surface area contributed by atoms with Gasteiger partial charge in [-0.1, -0.05) is 6.07 Å². The zero-order valence-electron chi connectivity index (χ0n) is 13.0. The Morgan fingerprint density at radius 3 is 2.43 bits per heavy atom. The highest BCUT2D eigenvalue weighted by Crippen LogP contribution is 2.30. The van der Waals surface area contributed by atoms with Crippen LogP contribution in [0.2, 0.25) is 0 Å². The first-order valence-corrected chi connectivity index (χ1v) is 7.54. The second-order valence-electron chi connectivity index (χ2n) is 5.05. The Labute approximate surface area is 133 Å². The van der Waals surface area contributed by atoms with Crippen molar-refractivity contribution < 1.29 is 19.1 Å². The average molecular weight is 311 g/mol. The summed E-state index contributed by atoms with van der Waals surface area (Å²) in [6.45, 7) is 4.16. The van der Waals surface area contributed by atoms with Crippen molar-refractivity contribution in [3.05, 3.63) is 47.5 Å². The summed E-state index contributed by atoms with van der Waals surface area (Å²) in [5, 5.41) is 1.56. The van der Waals surface area contributed by atoms with E-state index in [9.17, 15) is 9.59 Å². The number of esters is 2. The summed E-state index contributed by atoms with van der Waals surface area (Å²) < 4.78 is 10.2. The van der Waals surface area contributed by atoms with E-state index in [1.807, 2.05) is 12.1 Å². The Morgan fingerprint density at radius 2 is 1.70 bits per heavy atom. The van der Waals surface area contributed by atoms with Gasteiger partial charge in [0.25, 0.3) is 0 Å². The van der Waals surface area contributed by atoms with Crippen molar-refractivity contribution in [1.29, 1.82) is 0 Å². The molecule has 0 radical (unpaired) electrons. The highest BCUT2D eigenvalue weighted by Gasteiger charge is 2.17. The predicted molar refractivity (Wildman–Crippen MR) is 87.7 cm³/mol. The quantitative estimate of drug-likeness (QED) is 0.746. The number of aromatic amines is 1. The third kappa shape index (κ3) is 2.65. The maximum absolute atomic E-state index is 12.2. The molecule has 5 nitrogen and oxygen atoms in total. The number of hydrogen-bond donors (Lipinski definition) is 1. The molecule has 1 heterocycles. The van der Waals surface area contributed by atoms with E-state index in [0.29, 0.717) is 24.3 Å². The Hall–Kier alpha value is -2.82. The minimum absolute atomic E-state index is 0.311. The Bertz CT molecular complexity index is 895. The van der Waals surface area contributed by atoms with Gasteiger partial charge in [-0.3, -0.25) is 0 Å². The molecule has 1 N–H and O–H groups in total. The van der Waals surface area contributed by atoms with Crippen molar-refractivity contribution in [3.8, 4) is 0 Å². The van der Waals surface area contributed by atoms with Gasteiger partial charge in [0.1, 0.15) is 0 Å². The molecule has 0 amide bonds. The van der Waals surface area contributed by atoms with Crippen LogP contribution in [0.25, 0.3) is 21.8 Å². The number of carbonyl (C=O) groups is 2. The van der Waals surface area contributed by atoms with Crippen LogP contribution in [0.1, 0.15) is 34.6 Å². The van der Waals surface area contributed by atoms with Crippen molar-refractivity contribution in [2.45, 2.75) is 13.8 Å². The van der Waals surface area contributed by atoms with Crippen LogP contribution in [-0.2, 0) is 9.47 Å². The molecular formula is C18H17NO4. The number of hydrogen-bond acceptors (Lipinski definition) is 4. The van der Waals surface area contributed by atoms with E-state index >= 15 is 0 Å². The lowest BCUT2D eigenvalue weighted by Crippen LogP contribution is -2.05. The van der Waals surface area contributed by atoms with Gasteiger partial charge in [0, 0.05) is 21.8 Å². The molecule has 3 aromatic rings. The monoisotopic (exact) mass is 311 g/mol. The van der Waals surface area contributed by atoms with Gasteiger partial charge in [0.2, 0.25) is 0 Å². The first-order valence-electron chi connectivity index (χ1n) is 7.54. The van der Waals surface area contributed by atoms with Crippen molar-refractivity contribution in [1.82, 2.24) is 4.98 Å². The fourth-order valence-electron chi connectivity index (χ4n) is 2.67. The molecule has 0 aliphatic heterocycles. The predicted octanol–water partition coefficient (Wildman–Crippen LogP) is 3.67. The van der Waals surface area contributed by atoms with Crippen LogP contribution in [0.3, 0.4) is 0 Å². The molecule has 0 aliphatic carbocycles. The number of aromatic nitrogens is 1. The topological polar surface area (TPSA) is 68.4 Å². The lowest BCUT2D eigenvalue weighted by molar-refractivity contribution is 0.0518. The Kier molecular flexibility index (Phi) is 4.02. The van der Waals surface area contributed by atoms with E-state index in [4.69, 9.17) is 9.47 Å². The Morgan fingerprint density at radius 1 is 0.957 bits per heavy atom. The van der Waals surface area contributed by atoms with Gasteiger partial charge in [0.05, 0.1) is 24.3 Å². The van der Waals surface area contributed by atoms with Gasteiger partial charge < -0.3 is 14.5 Å². The fraction of sp³-hybridized carbons (Fsp3) is 0.222. The highest BCUT2D eigenvalue weighted by atomic mass is 16.5. The van der Waals surface area contributed by atoms with Crippen molar-refractivity contribution in [3.63, 3.8) is 0 Å². The molecule has 1 aromatic heterocycles. The molecule has 5 heteroatoms. The molecule has 0 spiro atoms. The summed E-state index contributed by atoms with van der Waals surface area (Å²) in [6.07, 6.45) is 0. The molecule has 0 bridgehead atoms. The van der Waals surface area contributed by atoms with E-state index in [1.54, 1.807) is 38.1 Å². The summed E-state index contributed by atoms with van der Waals surface area (Å²) in [5.41, 5.74) is 2.62. The number of carbonyl (C=O) groups excluding carboxylic acids is 2. The van der Waals surface area contributed by atoms with E-state index in [0.717, 1.165) is 21.8 Å². The number of rotatable bonds is 4. The van der Waals surface area contributed by atoms with Gasteiger partial charge in [-0.25, -0.2) is 9.59 Å². The third-order valence-corrected chi connectivity index (χ3v) is 3.63. The molecule has 3 rings (SSSR count). The molecule has 0 atom stereocenters. The fourth-order valence-corrected chi connectivity index (χ4v) is 2.67. The van der Waals surface area contributed by atoms with Crippen LogP contribution in [0, 0.1) is 0 Å². The summed E-state index contributed by atoms with van der Waals surface area (Å²) in [7, 11) is 0. The zero-order valence-corrected chi connectivity index (χ0v) is 13.0. The highest BCUT2D eigenvalue weighted by molar-refractivity contribution is 6.17. The molecule has 0 saturated heterocycles. The summed E-state index contributed by atoms with van der Waals surface area (Å²) in [4.78, 5) is 27.4. The molecular weight excluding hydrogens is 294 g/mol.